The van der Waals surface area contributed by atoms with Crippen molar-refractivity contribution in [3.05, 3.63) is 47.5 Å². The predicted octanol–water partition coefficient (Wildman–Crippen LogP) is 4.50. The maximum Gasteiger partial charge on any atom is 0.161 e. The molecule has 30 heavy (non-hydrogen) atoms. The third-order valence-electron chi connectivity index (χ3n) is 5.12. The minimum Gasteiger partial charge on any atom is -0.493 e. The molecule has 0 radical (unpaired) electrons. The summed E-state index contributed by atoms with van der Waals surface area (Å²) in [4.78, 5) is -1.18. The van der Waals surface area contributed by atoms with Crippen LogP contribution in [0.15, 0.2) is 36.4 Å². The summed E-state index contributed by atoms with van der Waals surface area (Å²) in [5.74, 6) is 3.63. The second-order valence-electron chi connectivity index (χ2n) is 6.79. The molecule has 0 saturated carbocycles. The summed E-state index contributed by atoms with van der Waals surface area (Å²) in [6.07, 6.45) is 0.356. The van der Waals surface area contributed by atoms with Crippen molar-refractivity contribution >= 4 is 28.6 Å². The van der Waals surface area contributed by atoms with Crippen LogP contribution in [-0.4, -0.2) is 50.1 Å². The Balaban J connectivity index is 2.01. The molecule has 0 amide bonds. The molecule has 3 rings (SSSR count). The molecular formula is C22H27NO5S2. The van der Waals surface area contributed by atoms with Crippen LogP contribution in [0.5, 0.6) is 23.0 Å². The first-order chi connectivity index (χ1) is 14.5. The number of aliphatic hydroxyl groups is 1. The van der Waals surface area contributed by atoms with E-state index in [0.717, 1.165) is 22.6 Å². The van der Waals surface area contributed by atoms with Gasteiger partial charge in [0, 0.05) is 23.8 Å². The Labute approximate surface area is 185 Å². The van der Waals surface area contributed by atoms with Gasteiger partial charge in [0.15, 0.2) is 23.0 Å². The van der Waals surface area contributed by atoms with Crippen molar-refractivity contribution in [1.82, 2.24) is 0 Å². The highest BCUT2D eigenvalue weighted by Gasteiger charge is 2.38. The molecule has 2 atom stereocenters. The average molecular weight is 450 g/mol. The molecule has 1 heterocycles. The summed E-state index contributed by atoms with van der Waals surface area (Å²) in [6, 6.07) is 11.1. The number of nitrogens with one attached hydrogen (secondary N) is 1. The van der Waals surface area contributed by atoms with Gasteiger partial charge in [-0.2, -0.15) is 0 Å². The van der Waals surface area contributed by atoms with Crippen LogP contribution in [0.1, 0.15) is 23.5 Å². The first-order valence-corrected chi connectivity index (χ1v) is 11.4. The topological polar surface area (TPSA) is 81.0 Å². The van der Waals surface area contributed by atoms with Gasteiger partial charge in [-0.15, -0.1) is 23.5 Å². The van der Waals surface area contributed by atoms with Gasteiger partial charge < -0.3 is 24.1 Å². The quantitative estimate of drug-likeness (QED) is 0.672. The summed E-state index contributed by atoms with van der Waals surface area (Å²) >= 11 is 3.01. The minimum absolute atomic E-state index is 0.277. The first-order valence-electron chi connectivity index (χ1n) is 9.47. The molecular weight excluding hydrogens is 422 g/mol. The fourth-order valence-electron chi connectivity index (χ4n) is 3.51. The van der Waals surface area contributed by atoms with Crippen LogP contribution in [0, 0.1) is 5.41 Å². The first kappa shape index (κ1) is 22.7. The molecule has 1 aliphatic heterocycles. The van der Waals surface area contributed by atoms with Crippen LogP contribution < -0.4 is 18.9 Å². The average Bonchev–Trinajstić information content (AvgIpc) is 2.78. The van der Waals surface area contributed by atoms with E-state index in [-0.39, 0.29) is 5.92 Å². The van der Waals surface area contributed by atoms with Gasteiger partial charge in [-0.3, -0.25) is 5.41 Å². The SMILES string of the molecule is COc1ccc([C@H]2C[C@](O)(c3ccc(OC)c(OC)c3)SCCSC2=N)cc1OC. The number of benzene rings is 2. The number of hydrogen-bond acceptors (Lipinski definition) is 8. The van der Waals surface area contributed by atoms with Gasteiger partial charge in [0.1, 0.15) is 4.93 Å². The van der Waals surface area contributed by atoms with Gasteiger partial charge in [-0.05, 0) is 35.4 Å². The van der Waals surface area contributed by atoms with E-state index in [1.165, 1.54) is 23.5 Å². The Hall–Kier alpha value is -2.03. The highest BCUT2D eigenvalue weighted by molar-refractivity contribution is 8.14. The maximum absolute atomic E-state index is 11.7. The highest BCUT2D eigenvalue weighted by atomic mass is 32.2. The van der Waals surface area contributed by atoms with E-state index in [1.54, 1.807) is 34.5 Å². The lowest BCUT2D eigenvalue weighted by Crippen LogP contribution is -2.29. The highest BCUT2D eigenvalue weighted by Crippen LogP contribution is 2.48. The van der Waals surface area contributed by atoms with Crippen molar-refractivity contribution in [2.75, 3.05) is 39.9 Å². The van der Waals surface area contributed by atoms with Crippen LogP contribution in [-0.2, 0) is 4.93 Å². The normalized spacial score (nSPS) is 22.0. The third-order valence-corrected chi connectivity index (χ3v) is 7.67. The Bertz CT molecular complexity index is 907. The minimum atomic E-state index is -1.18. The summed E-state index contributed by atoms with van der Waals surface area (Å²) in [5, 5.41) is 20.9. The van der Waals surface area contributed by atoms with Gasteiger partial charge in [0.25, 0.3) is 0 Å². The number of thioether (sulfide) groups is 2. The van der Waals surface area contributed by atoms with E-state index in [0.29, 0.717) is 34.5 Å². The smallest absolute Gasteiger partial charge is 0.161 e. The zero-order chi connectivity index (χ0) is 21.7. The van der Waals surface area contributed by atoms with Crippen molar-refractivity contribution in [2.24, 2.45) is 0 Å². The largest absolute Gasteiger partial charge is 0.493 e. The lowest BCUT2D eigenvalue weighted by atomic mass is 9.90. The molecule has 0 aromatic heterocycles. The van der Waals surface area contributed by atoms with Crippen LogP contribution in [0.3, 0.4) is 0 Å². The van der Waals surface area contributed by atoms with E-state index in [4.69, 9.17) is 24.4 Å². The predicted molar refractivity (Wildman–Crippen MR) is 123 cm³/mol. The molecule has 0 aliphatic carbocycles. The number of methoxy groups -OCH3 is 4. The molecule has 0 bridgehead atoms. The number of hydrogen-bond donors (Lipinski definition) is 2. The Morgan fingerprint density at radius 1 is 0.867 bits per heavy atom. The molecule has 1 aliphatic rings. The molecule has 1 fully saturated rings. The summed E-state index contributed by atoms with van der Waals surface area (Å²) in [5.41, 5.74) is 1.64. The van der Waals surface area contributed by atoms with Gasteiger partial charge >= 0.3 is 0 Å². The standard InChI is InChI=1S/C22H27NO5S2/c1-25-17-7-5-14(11-19(17)27-3)16-13-22(24,30-10-9-29-21(16)23)15-6-8-18(26-2)20(12-15)28-4/h5-8,11-12,16,23-24H,9-10,13H2,1-4H3/t16-,22-/m1/s1. The van der Waals surface area contributed by atoms with E-state index in [1.807, 2.05) is 30.3 Å². The molecule has 2 N–H and O–H groups in total. The van der Waals surface area contributed by atoms with E-state index in [9.17, 15) is 5.11 Å². The van der Waals surface area contributed by atoms with E-state index in [2.05, 4.69) is 0 Å². The summed E-state index contributed by atoms with van der Waals surface area (Å²) in [7, 11) is 6.35. The van der Waals surface area contributed by atoms with Gasteiger partial charge in [-0.25, -0.2) is 0 Å². The van der Waals surface area contributed by atoms with Gasteiger partial charge in [-0.1, -0.05) is 12.1 Å². The number of ether oxygens (including phenoxy) is 4. The Morgan fingerprint density at radius 3 is 2.10 bits per heavy atom. The Kier molecular flexibility index (Phi) is 7.44. The van der Waals surface area contributed by atoms with Crippen LogP contribution in [0.4, 0.5) is 0 Å². The molecule has 6 nitrogen and oxygen atoms in total. The molecule has 8 heteroatoms. The lowest BCUT2D eigenvalue weighted by molar-refractivity contribution is 0.124. The second-order valence-corrected chi connectivity index (χ2v) is 9.30. The molecule has 0 unspecified atom stereocenters. The van der Waals surface area contributed by atoms with Crippen molar-refractivity contribution in [3.63, 3.8) is 0 Å². The van der Waals surface area contributed by atoms with Crippen LogP contribution in [0.25, 0.3) is 0 Å². The van der Waals surface area contributed by atoms with Crippen molar-refractivity contribution in [3.8, 4) is 23.0 Å². The van der Waals surface area contributed by atoms with Gasteiger partial charge in [0.2, 0.25) is 0 Å². The van der Waals surface area contributed by atoms with Crippen LogP contribution >= 0.6 is 23.5 Å². The molecule has 2 aromatic carbocycles. The summed E-state index contributed by atoms with van der Waals surface area (Å²) < 4.78 is 21.6. The van der Waals surface area contributed by atoms with Crippen molar-refractivity contribution < 1.29 is 24.1 Å². The van der Waals surface area contributed by atoms with Gasteiger partial charge in [0.05, 0.1) is 33.5 Å². The lowest BCUT2D eigenvalue weighted by Gasteiger charge is -2.34. The fraction of sp³-hybridized carbons (Fsp3) is 0.409. The van der Waals surface area contributed by atoms with E-state index >= 15 is 0 Å². The molecule has 0 spiro atoms. The Morgan fingerprint density at radius 2 is 1.47 bits per heavy atom. The molecule has 2 aromatic rings. The zero-order valence-corrected chi connectivity index (χ0v) is 19.2. The number of rotatable bonds is 6. The fourth-order valence-corrected chi connectivity index (χ4v) is 5.73. The second kappa shape index (κ2) is 9.85. The molecule has 1 saturated heterocycles. The summed E-state index contributed by atoms with van der Waals surface area (Å²) in [6.45, 7) is 0. The van der Waals surface area contributed by atoms with Crippen molar-refractivity contribution in [2.45, 2.75) is 17.3 Å². The monoisotopic (exact) mass is 449 g/mol. The zero-order valence-electron chi connectivity index (χ0n) is 17.6. The van der Waals surface area contributed by atoms with Crippen LogP contribution in [0.2, 0.25) is 0 Å². The third kappa shape index (κ3) is 4.66. The maximum atomic E-state index is 11.7. The van der Waals surface area contributed by atoms with Crippen molar-refractivity contribution in [1.29, 1.82) is 5.41 Å². The molecule has 162 valence electrons. The van der Waals surface area contributed by atoms with E-state index < -0.39 is 4.93 Å².